The van der Waals surface area contributed by atoms with Gasteiger partial charge in [0, 0.05) is 58.7 Å². The Labute approximate surface area is 376 Å². The summed E-state index contributed by atoms with van der Waals surface area (Å²) >= 11 is 1.86. The third-order valence-corrected chi connectivity index (χ3v) is 14.9. The van der Waals surface area contributed by atoms with Crippen molar-refractivity contribution in [2.24, 2.45) is 0 Å². The summed E-state index contributed by atoms with van der Waals surface area (Å²) in [6, 6.07) is 81.0. The van der Waals surface area contributed by atoms with Gasteiger partial charge in [-0.05, 0) is 117 Å². The van der Waals surface area contributed by atoms with E-state index in [2.05, 4.69) is 242 Å². The van der Waals surface area contributed by atoms with Crippen molar-refractivity contribution in [1.82, 2.24) is 4.57 Å². The monoisotopic (exact) mass is 834 g/mol. The van der Waals surface area contributed by atoms with Crippen molar-refractivity contribution < 1.29 is 0 Å². The Balaban J connectivity index is 0.950. The highest BCUT2D eigenvalue weighted by molar-refractivity contribution is 7.25. The Bertz CT molecular complexity index is 3840. The molecule has 0 aliphatic heterocycles. The second-order valence-electron chi connectivity index (χ2n) is 17.7. The van der Waals surface area contributed by atoms with Crippen molar-refractivity contribution in [3.05, 3.63) is 230 Å². The highest BCUT2D eigenvalue weighted by Crippen LogP contribution is 2.50. The molecule has 1 aliphatic rings. The Hall–Kier alpha value is -7.72. The summed E-state index contributed by atoms with van der Waals surface area (Å²) in [4.78, 5) is 2.47. The first-order chi connectivity index (χ1) is 31.5. The summed E-state index contributed by atoms with van der Waals surface area (Å²) in [6.07, 6.45) is 0. The quantitative estimate of drug-likeness (QED) is 0.162. The second-order valence-corrected chi connectivity index (χ2v) is 18.8. The predicted molar refractivity (Wildman–Crippen MR) is 274 cm³/mol. The van der Waals surface area contributed by atoms with Crippen molar-refractivity contribution in [1.29, 1.82) is 0 Å². The van der Waals surface area contributed by atoms with Crippen LogP contribution in [-0.2, 0) is 5.41 Å². The van der Waals surface area contributed by atoms with Gasteiger partial charge >= 0.3 is 0 Å². The molecular formula is C61H42N2S. The van der Waals surface area contributed by atoms with Crippen LogP contribution in [0.2, 0.25) is 0 Å². The molecule has 0 fully saturated rings. The summed E-state index contributed by atoms with van der Waals surface area (Å²) in [5, 5.41) is 7.51. The fraction of sp³-hybridized carbons (Fsp3) is 0.0492. The molecule has 0 bridgehead atoms. The third kappa shape index (κ3) is 5.57. The molecule has 0 atom stereocenters. The van der Waals surface area contributed by atoms with E-state index in [-0.39, 0.29) is 5.41 Å². The van der Waals surface area contributed by atoms with Crippen LogP contribution in [0.5, 0.6) is 0 Å². The van der Waals surface area contributed by atoms with Crippen LogP contribution in [0.4, 0.5) is 17.1 Å². The van der Waals surface area contributed by atoms with E-state index in [0.29, 0.717) is 0 Å². The zero-order valence-corrected chi connectivity index (χ0v) is 36.4. The maximum Gasteiger partial charge on any atom is 0.0541 e. The molecule has 2 nitrogen and oxygen atoms in total. The number of thiophene rings is 1. The van der Waals surface area contributed by atoms with Crippen molar-refractivity contribution in [3.8, 4) is 39.1 Å². The standard InChI is InChI=1S/C61H42N2S/c1-61(2)53-24-9-5-21-47(53)50-37-43(30-32-54(50)61)63-57-26-11-7-22-48(57)51-36-41(29-33-58(51)63)40-17-13-18-42(35-40)46-20-6-10-25-55(46)62(56-27-14-16-39-15-3-4-19-45(39)56)44-31-34-60-52(38-44)49-23-8-12-28-59(49)64-60/h3-38H,1-2H3. The molecule has 13 rings (SSSR count). The van der Waals surface area contributed by atoms with E-state index in [1.807, 2.05) is 11.3 Å². The summed E-state index contributed by atoms with van der Waals surface area (Å²) in [5.41, 5.74) is 17.2. The average Bonchev–Trinajstić information content (AvgIpc) is 3.96. The van der Waals surface area contributed by atoms with Crippen LogP contribution < -0.4 is 4.90 Å². The van der Waals surface area contributed by atoms with Gasteiger partial charge in [-0.2, -0.15) is 0 Å². The van der Waals surface area contributed by atoms with Crippen LogP contribution in [0.3, 0.4) is 0 Å². The van der Waals surface area contributed by atoms with Gasteiger partial charge in [0.1, 0.15) is 0 Å². The van der Waals surface area contributed by atoms with Gasteiger partial charge in [0.15, 0.2) is 0 Å². The van der Waals surface area contributed by atoms with Gasteiger partial charge in [-0.25, -0.2) is 0 Å². The molecule has 0 spiro atoms. The van der Waals surface area contributed by atoms with E-state index in [1.165, 1.54) is 103 Å². The fourth-order valence-corrected chi connectivity index (χ4v) is 11.8. The maximum atomic E-state index is 2.47. The molecule has 2 aromatic heterocycles. The minimum atomic E-state index is -0.0306. The molecular weight excluding hydrogens is 793 g/mol. The Morgan fingerprint density at radius 3 is 1.97 bits per heavy atom. The van der Waals surface area contributed by atoms with E-state index >= 15 is 0 Å². The van der Waals surface area contributed by atoms with Gasteiger partial charge in [-0.3, -0.25) is 0 Å². The Morgan fingerprint density at radius 1 is 0.391 bits per heavy atom. The van der Waals surface area contributed by atoms with E-state index in [9.17, 15) is 0 Å². The number of fused-ring (bicyclic) bond motifs is 10. The topological polar surface area (TPSA) is 8.17 Å². The van der Waals surface area contributed by atoms with E-state index < -0.39 is 0 Å². The molecule has 0 radical (unpaired) electrons. The van der Waals surface area contributed by atoms with Crippen LogP contribution in [-0.4, -0.2) is 4.57 Å². The number of rotatable bonds is 6. The van der Waals surface area contributed by atoms with Crippen LogP contribution in [0.15, 0.2) is 218 Å². The smallest absolute Gasteiger partial charge is 0.0541 e. The summed E-state index contributed by atoms with van der Waals surface area (Å²) in [7, 11) is 0. The van der Waals surface area contributed by atoms with Crippen LogP contribution >= 0.6 is 11.3 Å². The Morgan fingerprint density at radius 2 is 1.05 bits per heavy atom. The van der Waals surface area contributed by atoms with E-state index in [4.69, 9.17) is 0 Å². The molecule has 64 heavy (non-hydrogen) atoms. The van der Waals surface area contributed by atoms with Crippen molar-refractivity contribution >= 4 is 81.1 Å². The van der Waals surface area contributed by atoms with Gasteiger partial charge in [0.05, 0.1) is 22.4 Å². The zero-order valence-electron chi connectivity index (χ0n) is 35.6. The van der Waals surface area contributed by atoms with Crippen molar-refractivity contribution in [2.75, 3.05) is 4.90 Å². The van der Waals surface area contributed by atoms with Gasteiger partial charge in [-0.15, -0.1) is 11.3 Å². The second kappa shape index (κ2) is 14.2. The fourth-order valence-electron chi connectivity index (χ4n) is 10.7. The number of aromatic nitrogens is 1. The molecule has 2 heterocycles. The number of hydrogen-bond acceptors (Lipinski definition) is 2. The number of anilines is 3. The molecule has 3 heteroatoms. The molecule has 0 saturated carbocycles. The van der Waals surface area contributed by atoms with Crippen LogP contribution in [0.25, 0.3) is 91.8 Å². The summed E-state index contributed by atoms with van der Waals surface area (Å²) < 4.78 is 5.06. The molecule has 10 aromatic carbocycles. The highest BCUT2D eigenvalue weighted by atomic mass is 32.1. The SMILES string of the molecule is CC1(C)c2ccccc2-c2cc(-n3c4ccccc4c4cc(-c5cccc(-c6ccccc6N(c6ccc7sc8ccccc8c7c6)c6cccc7ccccc67)c5)ccc43)ccc21. The molecule has 0 amide bonds. The largest absolute Gasteiger partial charge is 0.309 e. The lowest BCUT2D eigenvalue weighted by Gasteiger charge is -2.29. The van der Waals surface area contributed by atoms with E-state index in [0.717, 1.165) is 17.1 Å². The van der Waals surface area contributed by atoms with Gasteiger partial charge in [0.2, 0.25) is 0 Å². The molecule has 0 N–H and O–H groups in total. The lowest BCUT2D eigenvalue weighted by Crippen LogP contribution is -2.14. The summed E-state index contributed by atoms with van der Waals surface area (Å²) in [6.45, 7) is 4.70. The van der Waals surface area contributed by atoms with Gasteiger partial charge in [-0.1, -0.05) is 159 Å². The predicted octanol–water partition coefficient (Wildman–Crippen LogP) is 17.4. The van der Waals surface area contributed by atoms with Gasteiger partial charge in [0.25, 0.3) is 0 Å². The normalized spacial score (nSPS) is 13.0. The minimum absolute atomic E-state index is 0.0306. The molecule has 12 aromatic rings. The lowest BCUT2D eigenvalue weighted by atomic mass is 9.82. The maximum absolute atomic E-state index is 2.47. The number of benzene rings is 10. The number of nitrogens with zero attached hydrogens (tertiary/aromatic N) is 2. The number of para-hydroxylation sites is 2. The Kier molecular flexibility index (Phi) is 8.16. The first-order valence-electron chi connectivity index (χ1n) is 22.2. The van der Waals surface area contributed by atoms with Crippen LogP contribution in [0, 0.1) is 0 Å². The first kappa shape index (κ1) is 36.9. The molecule has 302 valence electrons. The van der Waals surface area contributed by atoms with Crippen LogP contribution in [0.1, 0.15) is 25.0 Å². The van der Waals surface area contributed by atoms with Gasteiger partial charge < -0.3 is 9.47 Å². The van der Waals surface area contributed by atoms with Crippen molar-refractivity contribution in [2.45, 2.75) is 19.3 Å². The summed E-state index contributed by atoms with van der Waals surface area (Å²) in [5.74, 6) is 0. The molecule has 0 saturated heterocycles. The molecule has 1 aliphatic carbocycles. The number of hydrogen-bond donors (Lipinski definition) is 0. The average molecular weight is 835 g/mol. The highest BCUT2D eigenvalue weighted by Gasteiger charge is 2.35. The first-order valence-corrected chi connectivity index (χ1v) is 23.0. The minimum Gasteiger partial charge on any atom is -0.309 e. The third-order valence-electron chi connectivity index (χ3n) is 13.8. The van der Waals surface area contributed by atoms with E-state index in [1.54, 1.807) is 0 Å². The van der Waals surface area contributed by atoms with Crippen molar-refractivity contribution in [3.63, 3.8) is 0 Å². The zero-order chi connectivity index (χ0) is 42.5. The molecule has 0 unspecified atom stereocenters. The lowest BCUT2D eigenvalue weighted by molar-refractivity contribution is 0.660.